The maximum absolute atomic E-state index is 10.9. The molecule has 6 heteroatoms. The van der Waals surface area contributed by atoms with E-state index < -0.39 is 11.2 Å². The molecule has 1 unspecified atom stereocenters. The zero-order valence-electron chi connectivity index (χ0n) is 9.76. The fourth-order valence-electron chi connectivity index (χ4n) is 1.47. The molecule has 0 saturated carbocycles. The number of hydrogen-bond acceptors (Lipinski definition) is 5. The largest absolute Gasteiger partial charge is 0.493 e. The Hall–Kier alpha value is -1.56. The zero-order valence-corrected chi connectivity index (χ0v) is 10.7. The molecule has 0 radical (unpaired) electrons. The lowest BCUT2D eigenvalue weighted by Gasteiger charge is -2.17. The number of aliphatic carboxylic acids is 1. The van der Waals surface area contributed by atoms with Gasteiger partial charge in [-0.15, -0.1) is 0 Å². The molecule has 1 rings (SSSR count). The van der Waals surface area contributed by atoms with Crippen molar-refractivity contribution in [2.75, 3.05) is 21.3 Å². The Labute approximate surface area is 105 Å². The Morgan fingerprint density at radius 2 is 1.76 bits per heavy atom. The lowest BCUT2D eigenvalue weighted by Crippen LogP contribution is -2.08. The normalized spacial score (nSPS) is 11.8. The van der Waals surface area contributed by atoms with Crippen LogP contribution in [0.15, 0.2) is 12.1 Å². The van der Waals surface area contributed by atoms with Crippen LogP contribution in [0, 0.1) is 0 Å². The number of methoxy groups -OCH3 is 3. The van der Waals surface area contributed by atoms with Gasteiger partial charge in [-0.25, -0.2) is 0 Å². The van der Waals surface area contributed by atoms with E-state index in [0.717, 1.165) is 0 Å². The Balaban J connectivity index is 3.37. The van der Waals surface area contributed by atoms with Crippen LogP contribution in [0.4, 0.5) is 0 Å². The van der Waals surface area contributed by atoms with Crippen LogP contribution < -0.4 is 14.2 Å². The molecule has 5 nitrogen and oxygen atoms in total. The molecular formula is C11H14O5S. The molecule has 1 N–H and O–H groups in total. The maximum Gasteiger partial charge on any atom is 0.321 e. The lowest BCUT2D eigenvalue weighted by molar-refractivity contribution is -0.136. The Morgan fingerprint density at radius 3 is 2.18 bits per heavy atom. The first-order valence-corrected chi connectivity index (χ1v) is 5.28. The lowest BCUT2D eigenvalue weighted by atomic mass is 10.1. The molecule has 1 atom stereocenters. The molecule has 0 fully saturated rings. The van der Waals surface area contributed by atoms with Crippen molar-refractivity contribution in [1.82, 2.24) is 0 Å². The van der Waals surface area contributed by atoms with Crippen molar-refractivity contribution in [3.8, 4) is 17.2 Å². The third-order valence-electron chi connectivity index (χ3n) is 2.26. The highest BCUT2D eigenvalue weighted by molar-refractivity contribution is 7.81. The number of rotatable bonds is 5. The Morgan fingerprint density at radius 1 is 1.18 bits per heavy atom. The van der Waals surface area contributed by atoms with Crippen molar-refractivity contribution in [3.05, 3.63) is 17.7 Å². The molecule has 0 aliphatic heterocycles. The van der Waals surface area contributed by atoms with Crippen LogP contribution in [-0.4, -0.2) is 32.4 Å². The second kappa shape index (κ2) is 5.67. The predicted octanol–water partition coefficient (Wildman–Crippen LogP) is 1.77. The summed E-state index contributed by atoms with van der Waals surface area (Å²) >= 11 is 4.01. The summed E-state index contributed by atoms with van der Waals surface area (Å²) in [5.41, 5.74) is 0.418. The summed E-state index contributed by atoms with van der Waals surface area (Å²) in [5.74, 6) is 0.0833. The molecule has 0 heterocycles. The zero-order chi connectivity index (χ0) is 13.0. The smallest absolute Gasteiger partial charge is 0.321 e. The fraction of sp³-hybridized carbons (Fsp3) is 0.364. The minimum absolute atomic E-state index is 0.314. The van der Waals surface area contributed by atoms with Crippen molar-refractivity contribution in [3.63, 3.8) is 0 Å². The highest BCUT2D eigenvalue weighted by Gasteiger charge is 2.24. The molecule has 0 bridgehead atoms. The molecule has 17 heavy (non-hydrogen) atoms. The number of carboxylic acids is 1. The van der Waals surface area contributed by atoms with E-state index in [-0.39, 0.29) is 0 Å². The standard InChI is InChI=1S/C11H14O5S/c1-14-7-5-4-6(10(17)11(12)13)8(15-2)9(7)16-3/h4-5,10,17H,1-3H3,(H,12,13). The number of hydrogen-bond donors (Lipinski definition) is 2. The first-order chi connectivity index (χ1) is 8.06. The Kier molecular flexibility index (Phi) is 4.51. The number of carboxylic acid groups (broad SMARTS) is 1. The van der Waals surface area contributed by atoms with E-state index in [9.17, 15) is 4.79 Å². The van der Waals surface area contributed by atoms with E-state index in [1.807, 2.05) is 0 Å². The van der Waals surface area contributed by atoms with E-state index in [1.165, 1.54) is 21.3 Å². The molecule has 0 aromatic heterocycles. The second-order valence-corrected chi connectivity index (χ2v) is 3.68. The van der Waals surface area contributed by atoms with Gasteiger partial charge in [0.15, 0.2) is 11.5 Å². The minimum atomic E-state index is -1.06. The molecule has 1 aromatic carbocycles. The number of benzene rings is 1. The van der Waals surface area contributed by atoms with Crippen LogP contribution in [0.3, 0.4) is 0 Å². The van der Waals surface area contributed by atoms with Crippen molar-refractivity contribution < 1.29 is 24.1 Å². The van der Waals surface area contributed by atoms with Gasteiger partial charge in [0.1, 0.15) is 5.25 Å². The minimum Gasteiger partial charge on any atom is -0.493 e. The van der Waals surface area contributed by atoms with E-state index in [1.54, 1.807) is 12.1 Å². The van der Waals surface area contributed by atoms with Gasteiger partial charge in [0.25, 0.3) is 0 Å². The molecule has 0 aliphatic rings. The monoisotopic (exact) mass is 258 g/mol. The summed E-state index contributed by atoms with van der Waals surface area (Å²) < 4.78 is 15.4. The fourth-order valence-corrected chi connectivity index (χ4v) is 1.68. The van der Waals surface area contributed by atoms with Gasteiger partial charge in [-0.05, 0) is 12.1 Å². The van der Waals surface area contributed by atoms with Crippen molar-refractivity contribution in [2.45, 2.75) is 5.25 Å². The van der Waals surface area contributed by atoms with Crippen LogP contribution in [0.1, 0.15) is 10.8 Å². The van der Waals surface area contributed by atoms with Gasteiger partial charge in [-0.2, -0.15) is 12.6 Å². The molecule has 0 amide bonds. The number of thiol groups is 1. The molecule has 0 aliphatic carbocycles. The summed E-state index contributed by atoms with van der Waals surface area (Å²) in [6.07, 6.45) is 0. The highest BCUT2D eigenvalue weighted by Crippen LogP contribution is 2.43. The van der Waals surface area contributed by atoms with Gasteiger partial charge in [-0.3, -0.25) is 4.79 Å². The first kappa shape index (κ1) is 13.5. The number of carbonyl (C=O) groups is 1. The summed E-state index contributed by atoms with van der Waals surface area (Å²) in [5, 5.41) is 7.96. The highest BCUT2D eigenvalue weighted by atomic mass is 32.1. The topological polar surface area (TPSA) is 65.0 Å². The SMILES string of the molecule is COc1ccc(C(S)C(=O)O)c(OC)c1OC. The average Bonchev–Trinajstić information content (AvgIpc) is 2.35. The molecule has 1 aromatic rings. The second-order valence-electron chi connectivity index (χ2n) is 3.16. The van der Waals surface area contributed by atoms with E-state index in [2.05, 4.69) is 12.6 Å². The summed E-state index contributed by atoms with van der Waals surface area (Å²) in [6.45, 7) is 0. The van der Waals surface area contributed by atoms with Crippen molar-refractivity contribution in [2.24, 2.45) is 0 Å². The van der Waals surface area contributed by atoms with Crippen LogP contribution in [-0.2, 0) is 4.79 Å². The van der Waals surface area contributed by atoms with Crippen LogP contribution in [0.25, 0.3) is 0 Å². The van der Waals surface area contributed by atoms with Gasteiger partial charge in [-0.1, -0.05) is 0 Å². The quantitative estimate of drug-likeness (QED) is 0.788. The van der Waals surface area contributed by atoms with Gasteiger partial charge in [0.05, 0.1) is 21.3 Å². The van der Waals surface area contributed by atoms with Crippen LogP contribution in [0.2, 0.25) is 0 Å². The predicted molar refractivity (Wildman–Crippen MR) is 65.5 cm³/mol. The van der Waals surface area contributed by atoms with Crippen LogP contribution in [0.5, 0.6) is 17.2 Å². The molecule has 0 saturated heterocycles. The molecule has 0 spiro atoms. The maximum atomic E-state index is 10.9. The van der Waals surface area contributed by atoms with Crippen molar-refractivity contribution in [1.29, 1.82) is 0 Å². The van der Waals surface area contributed by atoms with Crippen LogP contribution >= 0.6 is 12.6 Å². The molecular weight excluding hydrogens is 244 g/mol. The van der Waals surface area contributed by atoms with E-state index in [4.69, 9.17) is 19.3 Å². The van der Waals surface area contributed by atoms with Gasteiger partial charge >= 0.3 is 5.97 Å². The first-order valence-electron chi connectivity index (χ1n) is 4.76. The summed E-state index contributed by atoms with van der Waals surface area (Å²) in [6, 6.07) is 3.20. The van der Waals surface area contributed by atoms with E-state index in [0.29, 0.717) is 22.8 Å². The third kappa shape index (κ3) is 2.58. The van der Waals surface area contributed by atoms with E-state index >= 15 is 0 Å². The molecule has 94 valence electrons. The van der Waals surface area contributed by atoms with Crippen molar-refractivity contribution >= 4 is 18.6 Å². The third-order valence-corrected chi connectivity index (χ3v) is 2.76. The number of ether oxygens (including phenoxy) is 3. The Bertz CT molecular complexity index is 419. The summed E-state index contributed by atoms with van der Waals surface area (Å²) in [4.78, 5) is 10.9. The van der Waals surface area contributed by atoms with Gasteiger partial charge < -0.3 is 19.3 Å². The summed E-state index contributed by atoms with van der Waals surface area (Å²) in [7, 11) is 4.38. The van der Waals surface area contributed by atoms with Gasteiger partial charge in [0.2, 0.25) is 5.75 Å². The average molecular weight is 258 g/mol. The van der Waals surface area contributed by atoms with Gasteiger partial charge in [0, 0.05) is 5.56 Å².